The standard InChI is InChI=1S/C30H37FN4O3/c1-18-6-7-20(25(14-28(36)37)24-10-11-26(34(5)33)29(32)19(24)2)12-22(18)16-35-15-21-8-9-23(31)13-27(21)38-30(3,4)17-35/h6-13,25H,14-17,32-33H2,1-5H3,(H,36,37). The van der Waals surface area contributed by atoms with E-state index in [9.17, 15) is 14.3 Å². The summed E-state index contributed by atoms with van der Waals surface area (Å²) in [6.45, 7) is 9.87. The summed E-state index contributed by atoms with van der Waals surface area (Å²) in [4.78, 5) is 14.2. The smallest absolute Gasteiger partial charge is 0.304 e. The molecule has 4 rings (SSSR count). The monoisotopic (exact) mass is 520 g/mol. The highest BCUT2D eigenvalue weighted by Gasteiger charge is 2.30. The second-order valence-corrected chi connectivity index (χ2v) is 10.9. The van der Waals surface area contributed by atoms with Crippen LogP contribution in [0.25, 0.3) is 0 Å². The van der Waals surface area contributed by atoms with Gasteiger partial charge in [0.05, 0.1) is 17.8 Å². The van der Waals surface area contributed by atoms with E-state index in [1.807, 2.05) is 45.0 Å². The number of fused-ring (bicyclic) bond motifs is 1. The molecule has 0 saturated heterocycles. The van der Waals surface area contributed by atoms with Crippen LogP contribution < -0.4 is 21.3 Å². The van der Waals surface area contributed by atoms with E-state index < -0.39 is 11.6 Å². The second-order valence-electron chi connectivity index (χ2n) is 10.9. The molecule has 3 aromatic rings. The van der Waals surface area contributed by atoms with Gasteiger partial charge in [0.1, 0.15) is 17.2 Å². The first-order chi connectivity index (χ1) is 17.8. The van der Waals surface area contributed by atoms with Crippen LogP contribution in [-0.2, 0) is 17.9 Å². The highest BCUT2D eigenvalue weighted by molar-refractivity contribution is 5.74. The zero-order chi connectivity index (χ0) is 27.8. The van der Waals surface area contributed by atoms with Crippen LogP contribution in [0.2, 0.25) is 0 Å². The molecule has 1 aliphatic rings. The van der Waals surface area contributed by atoms with Crippen LogP contribution in [0.4, 0.5) is 15.8 Å². The number of halogens is 1. The van der Waals surface area contributed by atoms with Crippen molar-refractivity contribution < 1.29 is 19.0 Å². The number of carboxylic acid groups (broad SMARTS) is 1. The third kappa shape index (κ3) is 5.92. The molecule has 1 unspecified atom stereocenters. The van der Waals surface area contributed by atoms with Crippen molar-refractivity contribution in [3.63, 3.8) is 0 Å². The van der Waals surface area contributed by atoms with Gasteiger partial charge in [0.25, 0.3) is 0 Å². The number of aliphatic carboxylic acids is 1. The number of nitrogen functional groups attached to an aromatic ring is 1. The van der Waals surface area contributed by atoms with Gasteiger partial charge in [-0.15, -0.1) is 0 Å². The Morgan fingerprint density at radius 2 is 1.92 bits per heavy atom. The molecular formula is C30H37FN4O3. The lowest BCUT2D eigenvalue weighted by Crippen LogP contribution is -2.40. The van der Waals surface area contributed by atoms with Crippen LogP contribution in [0.5, 0.6) is 5.75 Å². The number of carboxylic acids is 1. The third-order valence-corrected chi connectivity index (χ3v) is 7.25. The normalized spacial score (nSPS) is 15.8. The lowest BCUT2D eigenvalue weighted by molar-refractivity contribution is -0.137. The van der Waals surface area contributed by atoms with E-state index in [4.69, 9.17) is 16.3 Å². The molecule has 202 valence electrons. The van der Waals surface area contributed by atoms with Crippen molar-refractivity contribution in [2.75, 3.05) is 24.3 Å². The summed E-state index contributed by atoms with van der Waals surface area (Å²) < 4.78 is 20.1. The van der Waals surface area contributed by atoms with Crippen molar-refractivity contribution in [3.8, 4) is 5.75 Å². The minimum atomic E-state index is -0.884. The van der Waals surface area contributed by atoms with E-state index >= 15 is 0 Å². The molecule has 1 heterocycles. The van der Waals surface area contributed by atoms with Crippen LogP contribution in [0.15, 0.2) is 48.5 Å². The number of ether oxygens (including phenoxy) is 1. The number of nitrogens with zero attached hydrogens (tertiary/aromatic N) is 2. The Morgan fingerprint density at radius 1 is 1.18 bits per heavy atom. The minimum Gasteiger partial charge on any atom is -0.486 e. The molecule has 38 heavy (non-hydrogen) atoms. The van der Waals surface area contributed by atoms with Gasteiger partial charge in [-0.05, 0) is 67.6 Å². The molecule has 0 amide bonds. The van der Waals surface area contributed by atoms with Crippen molar-refractivity contribution >= 4 is 17.3 Å². The lowest BCUT2D eigenvalue weighted by atomic mass is 9.84. The SMILES string of the molecule is Cc1ccc(C(CC(=O)O)c2ccc(N(C)N)c(N)c2C)cc1CN1Cc2ccc(F)cc2OC(C)(C)C1. The van der Waals surface area contributed by atoms with E-state index in [1.54, 1.807) is 13.1 Å². The maximum atomic E-state index is 13.9. The third-order valence-electron chi connectivity index (χ3n) is 7.25. The highest BCUT2D eigenvalue weighted by atomic mass is 19.1. The molecule has 1 aliphatic heterocycles. The summed E-state index contributed by atoms with van der Waals surface area (Å²) in [5.41, 5.74) is 12.9. The summed E-state index contributed by atoms with van der Waals surface area (Å²) in [6, 6.07) is 14.6. The largest absolute Gasteiger partial charge is 0.486 e. The van der Waals surface area contributed by atoms with Gasteiger partial charge in [-0.1, -0.05) is 30.3 Å². The molecule has 0 spiro atoms. The van der Waals surface area contributed by atoms with E-state index in [2.05, 4.69) is 17.9 Å². The zero-order valence-corrected chi connectivity index (χ0v) is 22.7. The second kappa shape index (κ2) is 10.6. The van der Waals surface area contributed by atoms with Gasteiger partial charge in [-0.25, -0.2) is 10.2 Å². The van der Waals surface area contributed by atoms with E-state index in [1.165, 1.54) is 17.1 Å². The Labute approximate surface area is 223 Å². The highest BCUT2D eigenvalue weighted by Crippen LogP contribution is 2.37. The molecule has 7 nitrogen and oxygen atoms in total. The van der Waals surface area contributed by atoms with Gasteiger partial charge in [0.2, 0.25) is 0 Å². The Kier molecular flexibility index (Phi) is 7.67. The van der Waals surface area contributed by atoms with Crippen molar-refractivity contribution in [2.45, 2.75) is 58.7 Å². The fourth-order valence-corrected chi connectivity index (χ4v) is 5.35. The number of hydrogen-bond donors (Lipinski definition) is 3. The predicted molar refractivity (Wildman–Crippen MR) is 149 cm³/mol. The average molecular weight is 521 g/mol. The van der Waals surface area contributed by atoms with Crippen molar-refractivity contribution in [1.82, 2.24) is 4.90 Å². The number of aryl methyl sites for hydroxylation is 1. The van der Waals surface area contributed by atoms with Gasteiger partial charge in [0, 0.05) is 44.2 Å². The molecule has 0 aliphatic carbocycles. The summed E-state index contributed by atoms with van der Waals surface area (Å²) in [7, 11) is 1.72. The summed E-state index contributed by atoms with van der Waals surface area (Å²) >= 11 is 0. The first-order valence-electron chi connectivity index (χ1n) is 12.7. The maximum Gasteiger partial charge on any atom is 0.304 e. The predicted octanol–water partition coefficient (Wildman–Crippen LogP) is 5.11. The number of carbonyl (C=O) groups is 1. The fraction of sp³-hybridized carbons (Fsp3) is 0.367. The van der Waals surface area contributed by atoms with Crippen molar-refractivity contribution in [1.29, 1.82) is 0 Å². The molecule has 0 saturated carbocycles. The van der Waals surface area contributed by atoms with Crippen LogP contribution in [-0.4, -0.2) is 35.2 Å². The Morgan fingerprint density at radius 3 is 2.61 bits per heavy atom. The van der Waals surface area contributed by atoms with Gasteiger partial charge in [0.15, 0.2) is 0 Å². The molecular weight excluding hydrogens is 483 g/mol. The zero-order valence-electron chi connectivity index (χ0n) is 22.7. The number of rotatable bonds is 7. The van der Waals surface area contributed by atoms with Crippen LogP contribution in [0.3, 0.4) is 0 Å². The van der Waals surface area contributed by atoms with Gasteiger partial charge in [-0.2, -0.15) is 0 Å². The first kappa shape index (κ1) is 27.4. The van der Waals surface area contributed by atoms with Gasteiger partial charge < -0.3 is 20.6 Å². The average Bonchev–Trinajstić information content (AvgIpc) is 2.94. The quantitative estimate of drug-likeness (QED) is 0.226. The van der Waals surface area contributed by atoms with Crippen molar-refractivity contribution in [2.24, 2.45) is 5.84 Å². The first-order valence-corrected chi connectivity index (χ1v) is 12.7. The Bertz CT molecular complexity index is 1360. The topological polar surface area (TPSA) is 105 Å². The Hall–Kier alpha value is -3.62. The number of hydrogen-bond acceptors (Lipinski definition) is 6. The molecule has 1 atom stereocenters. The van der Waals surface area contributed by atoms with Crippen LogP contribution in [0.1, 0.15) is 59.6 Å². The number of anilines is 2. The summed E-state index contributed by atoms with van der Waals surface area (Å²) in [5.74, 6) is 4.92. The molecule has 0 radical (unpaired) electrons. The Balaban J connectivity index is 1.70. The molecule has 0 aromatic heterocycles. The maximum absolute atomic E-state index is 13.9. The molecule has 3 aromatic carbocycles. The number of benzene rings is 3. The van der Waals surface area contributed by atoms with Crippen molar-refractivity contribution in [3.05, 3.63) is 87.7 Å². The van der Waals surface area contributed by atoms with E-state index in [0.29, 0.717) is 36.8 Å². The van der Waals surface area contributed by atoms with E-state index in [-0.39, 0.29) is 18.2 Å². The van der Waals surface area contributed by atoms with Crippen LogP contribution in [0, 0.1) is 19.7 Å². The number of nitrogens with two attached hydrogens (primary N) is 2. The summed E-state index contributed by atoms with van der Waals surface area (Å²) in [5, 5.41) is 11.2. The number of hydrazine groups is 1. The van der Waals surface area contributed by atoms with Gasteiger partial charge >= 0.3 is 5.97 Å². The van der Waals surface area contributed by atoms with Gasteiger partial charge in [-0.3, -0.25) is 9.69 Å². The molecule has 0 fully saturated rings. The van der Waals surface area contributed by atoms with E-state index in [0.717, 1.165) is 33.4 Å². The molecule has 0 bridgehead atoms. The molecule has 5 N–H and O–H groups in total. The van der Waals surface area contributed by atoms with Crippen LogP contribution >= 0.6 is 0 Å². The minimum absolute atomic E-state index is 0.0654. The fourth-order valence-electron chi connectivity index (χ4n) is 5.35. The summed E-state index contributed by atoms with van der Waals surface area (Å²) in [6.07, 6.45) is -0.0654. The molecule has 8 heteroatoms. The lowest BCUT2D eigenvalue weighted by Gasteiger charge is -2.30.